The second-order valence-electron chi connectivity index (χ2n) is 5.14. The number of carbonyl (C=O) groups excluding carboxylic acids is 3. The highest BCUT2D eigenvalue weighted by Crippen LogP contribution is 2.29. The van der Waals surface area contributed by atoms with E-state index in [2.05, 4.69) is 10.1 Å². The van der Waals surface area contributed by atoms with Crippen LogP contribution in [-0.2, 0) is 14.3 Å². The van der Waals surface area contributed by atoms with Gasteiger partial charge in [0.2, 0.25) is 11.8 Å². The van der Waals surface area contributed by atoms with Crippen LogP contribution in [0.4, 0.5) is 5.69 Å². The van der Waals surface area contributed by atoms with E-state index in [1.54, 1.807) is 24.3 Å². The number of amides is 2. The van der Waals surface area contributed by atoms with E-state index in [1.807, 2.05) is 6.92 Å². The first kappa shape index (κ1) is 18.4. The first-order valence-corrected chi connectivity index (χ1v) is 8.75. The molecule has 2 amide bonds. The lowest BCUT2D eigenvalue weighted by molar-refractivity contribution is -0.126. The molecule has 1 atom stereocenters. The topological polar surface area (TPSA) is 75.7 Å². The van der Waals surface area contributed by atoms with Crippen molar-refractivity contribution in [1.82, 2.24) is 4.90 Å². The molecule has 1 saturated heterocycles. The minimum absolute atomic E-state index is 0.0252. The van der Waals surface area contributed by atoms with Crippen molar-refractivity contribution in [3.63, 3.8) is 0 Å². The van der Waals surface area contributed by atoms with Gasteiger partial charge in [-0.05, 0) is 30.7 Å². The van der Waals surface area contributed by atoms with Crippen LogP contribution in [0.2, 0.25) is 0 Å². The average Bonchev–Trinajstić information content (AvgIpc) is 2.86. The summed E-state index contributed by atoms with van der Waals surface area (Å²) in [5.74, 6) is -0.680. The fraction of sp³-hybridized carbons (Fsp3) is 0.375. The van der Waals surface area contributed by atoms with Gasteiger partial charge in [0.15, 0.2) is 0 Å². The molecule has 0 aliphatic carbocycles. The van der Waals surface area contributed by atoms with Gasteiger partial charge in [-0.25, -0.2) is 4.79 Å². The summed E-state index contributed by atoms with van der Waals surface area (Å²) in [5, 5.41) is 2.59. The van der Waals surface area contributed by atoms with E-state index in [4.69, 9.17) is 12.2 Å². The molecule has 0 bridgehead atoms. The number of nitrogens with one attached hydrogen (secondary N) is 1. The maximum Gasteiger partial charge on any atom is 0.337 e. The number of methoxy groups -OCH3 is 1. The number of hydrogen-bond acceptors (Lipinski definition) is 6. The van der Waals surface area contributed by atoms with Crippen LogP contribution in [0.1, 0.15) is 30.1 Å². The Labute approximate surface area is 149 Å². The van der Waals surface area contributed by atoms with Gasteiger partial charge in [-0.3, -0.25) is 14.5 Å². The zero-order valence-electron chi connectivity index (χ0n) is 13.4. The molecule has 0 aromatic heterocycles. The predicted molar refractivity (Wildman–Crippen MR) is 97.0 cm³/mol. The number of esters is 1. The minimum atomic E-state index is -0.433. The molecular weight excluding hydrogens is 348 g/mol. The summed E-state index contributed by atoms with van der Waals surface area (Å²) in [7, 11) is 1.31. The zero-order chi connectivity index (χ0) is 17.7. The van der Waals surface area contributed by atoms with E-state index in [9.17, 15) is 14.4 Å². The Kier molecular flexibility index (Phi) is 6.33. The summed E-state index contributed by atoms with van der Waals surface area (Å²) in [5.41, 5.74) is 0.981. The molecule has 0 spiro atoms. The van der Waals surface area contributed by atoms with E-state index in [0.29, 0.717) is 15.6 Å². The van der Waals surface area contributed by atoms with Crippen LogP contribution in [0.25, 0.3) is 0 Å². The molecule has 2 rings (SSSR count). The molecule has 1 unspecified atom stereocenters. The molecule has 6 nitrogen and oxygen atoms in total. The van der Waals surface area contributed by atoms with Gasteiger partial charge < -0.3 is 10.1 Å². The van der Waals surface area contributed by atoms with Gasteiger partial charge in [0.05, 0.1) is 17.9 Å². The predicted octanol–water partition coefficient (Wildman–Crippen LogP) is 2.44. The molecule has 1 aliphatic rings. The summed E-state index contributed by atoms with van der Waals surface area (Å²) in [4.78, 5) is 36.9. The van der Waals surface area contributed by atoms with Crippen molar-refractivity contribution in [2.24, 2.45) is 0 Å². The van der Waals surface area contributed by atoms with Crippen molar-refractivity contribution in [2.75, 3.05) is 19.0 Å². The van der Waals surface area contributed by atoms with Gasteiger partial charge in [-0.15, -0.1) is 0 Å². The summed E-state index contributed by atoms with van der Waals surface area (Å²) >= 11 is 6.56. The lowest BCUT2D eigenvalue weighted by atomic mass is 10.2. The first-order chi connectivity index (χ1) is 11.5. The Hall–Kier alpha value is -1.93. The summed E-state index contributed by atoms with van der Waals surface area (Å²) in [6, 6.07) is 6.39. The van der Waals surface area contributed by atoms with Crippen LogP contribution >= 0.6 is 24.0 Å². The maximum atomic E-state index is 12.1. The number of ether oxygens (including phenoxy) is 1. The smallest absolute Gasteiger partial charge is 0.337 e. The molecule has 0 saturated carbocycles. The lowest BCUT2D eigenvalue weighted by Gasteiger charge is -2.15. The first-order valence-electron chi connectivity index (χ1n) is 7.46. The number of benzene rings is 1. The molecular formula is C16H18N2O4S2. The number of rotatable bonds is 6. The Morgan fingerprint density at radius 2 is 2.00 bits per heavy atom. The van der Waals surface area contributed by atoms with Crippen molar-refractivity contribution in [3.05, 3.63) is 29.8 Å². The zero-order valence-corrected chi connectivity index (χ0v) is 15.0. The Bertz CT molecular complexity index is 661. The Morgan fingerprint density at radius 3 is 2.54 bits per heavy atom. The van der Waals surface area contributed by atoms with Crippen LogP contribution < -0.4 is 5.32 Å². The van der Waals surface area contributed by atoms with Crippen molar-refractivity contribution >= 4 is 51.8 Å². The number of thioether (sulfide) groups is 1. The third-order valence-corrected chi connectivity index (χ3v) is 5.28. The van der Waals surface area contributed by atoms with E-state index in [-0.39, 0.29) is 30.0 Å². The Morgan fingerprint density at radius 1 is 1.33 bits per heavy atom. The van der Waals surface area contributed by atoms with Gasteiger partial charge in [0.1, 0.15) is 4.32 Å². The van der Waals surface area contributed by atoms with Gasteiger partial charge in [0, 0.05) is 18.7 Å². The molecule has 0 radical (unpaired) electrons. The monoisotopic (exact) mass is 366 g/mol. The molecule has 1 aromatic rings. The van der Waals surface area contributed by atoms with Gasteiger partial charge >= 0.3 is 5.97 Å². The van der Waals surface area contributed by atoms with Gasteiger partial charge in [-0.1, -0.05) is 30.9 Å². The number of nitrogens with zero attached hydrogens (tertiary/aromatic N) is 1. The van der Waals surface area contributed by atoms with Crippen LogP contribution in [0.3, 0.4) is 0 Å². The minimum Gasteiger partial charge on any atom is -0.465 e. The average molecular weight is 366 g/mol. The van der Waals surface area contributed by atoms with Crippen LogP contribution in [0.15, 0.2) is 24.3 Å². The third-order valence-electron chi connectivity index (χ3n) is 3.53. The van der Waals surface area contributed by atoms with E-state index < -0.39 is 5.97 Å². The highest BCUT2D eigenvalue weighted by Gasteiger charge is 2.35. The summed E-state index contributed by atoms with van der Waals surface area (Å²) in [6.45, 7) is 2.21. The van der Waals surface area contributed by atoms with Crippen LogP contribution in [0.5, 0.6) is 0 Å². The number of thiocarbonyl (C=S) groups is 1. The summed E-state index contributed by atoms with van der Waals surface area (Å²) in [6.07, 6.45) is 0.876. The van der Waals surface area contributed by atoms with Crippen LogP contribution in [0, 0.1) is 0 Å². The standard InChI is InChI=1S/C16H18N2O4S2/c1-3-12-14(20)18(16(23)24-12)9-8-13(19)17-11-6-4-10(5-7-11)15(21)22-2/h4-7,12H,3,8-9H2,1-2H3,(H,17,19). The molecule has 1 fully saturated rings. The molecule has 1 aromatic carbocycles. The summed E-state index contributed by atoms with van der Waals surface area (Å²) < 4.78 is 5.14. The number of hydrogen-bond donors (Lipinski definition) is 1. The van der Waals surface area contributed by atoms with Crippen molar-refractivity contribution < 1.29 is 19.1 Å². The van der Waals surface area contributed by atoms with Crippen LogP contribution in [-0.4, -0.2) is 45.9 Å². The van der Waals surface area contributed by atoms with E-state index in [1.165, 1.54) is 23.8 Å². The highest BCUT2D eigenvalue weighted by atomic mass is 32.2. The van der Waals surface area contributed by atoms with Gasteiger partial charge in [0.25, 0.3) is 0 Å². The molecule has 1 aliphatic heterocycles. The quantitative estimate of drug-likeness (QED) is 0.616. The lowest BCUT2D eigenvalue weighted by Crippen LogP contribution is -2.33. The molecule has 1 heterocycles. The van der Waals surface area contributed by atoms with Gasteiger partial charge in [-0.2, -0.15) is 0 Å². The molecule has 128 valence electrons. The number of carbonyl (C=O) groups is 3. The fourth-order valence-corrected chi connectivity index (χ4v) is 3.68. The fourth-order valence-electron chi connectivity index (χ4n) is 2.20. The molecule has 1 N–H and O–H groups in total. The van der Waals surface area contributed by atoms with E-state index >= 15 is 0 Å². The second-order valence-corrected chi connectivity index (χ2v) is 6.97. The second kappa shape index (κ2) is 8.25. The number of anilines is 1. The largest absolute Gasteiger partial charge is 0.465 e. The Balaban J connectivity index is 1.86. The normalized spacial score (nSPS) is 17.1. The maximum absolute atomic E-state index is 12.1. The SMILES string of the molecule is CCC1SC(=S)N(CCC(=O)Nc2ccc(C(=O)OC)cc2)C1=O. The third kappa shape index (κ3) is 4.33. The highest BCUT2D eigenvalue weighted by molar-refractivity contribution is 8.24. The molecule has 24 heavy (non-hydrogen) atoms. The van der Waals surface area contributed by atoms with Crippen molar-refractivity contribution in [1.29, 1.82) is 0 Å². The van der Waals surface area contributed by atoms with E-state index in [0.717, 1.165) is 6.42 Å². The van der Waals surface area contributed by atoms with Crippen molar-refractivity contribution in [2.45, 2.75) is 25.0 Å². The van der Waals surface area contributed by atoms with Crippen molar-refractivity contribution in [3.8, 4) is 0 Å². The molecule has 8 heteroatoms.